The number of amides is 1. The fourth-order valence-corrected chi connectivity index (χ4v) is 5.51. The van der Waals surface area contributed by atoms with E-state index < -0.39 is 51.8 Å². The van der Waals surface area contributed by atoms with Crippen molar-refractivity contribution in [3.63, 3.8) is 0 Å². The lowest BCUT2D eigenvalue weighted by atomic mass is 9.88. The summed E-state index contributed by atoms with van der Waals surface area (Å²) in [5.74, 6) is -2.42. The van der Waals surface area contributed by atoms with Gasteiger partial charge < -0.3 is 29.4 Å². The first-order valence-electron chi connectivity index (χ1n) is 17.0. The molecule has 1 N–H and O–H groups in total. The number of hydrogen-bond donors (Lipinski definition) is 1. The number of aldehydes is 1. The maximum atomic E-state index is 15.3. The molecule has 1 amide bonds. The first kappa shape index (κ1) is 44.6. The van der Waals surface area contributed by atoms with Crippen LogP contribution in [0.15, 0.2) is 48.7 Å². The predicted octanol–water partition coefficient (Wildman–Crippen LogP) is 8.73. The third-order valence-electron chi connectivity index (χ3n) is 8.67. The molecule has 1 unspecified atom stereocenters. The number of carbonyl (C=O) groups excluding carboxylic acids is 2. The maximum Gasteiger partial charge on any atom is 0.420 e. The van der Waals surface area contributed by atoms with E-state index in [1.165, 1.54) is 56.3 Å². The quantitative estimate of drug-likeness (QED) is 0.0742. The summed E-state index contributed by atoms with van der Waals surface area (Å²) in [4.78, 5) is 30.6. The van der Waals surface area contributed by atoms with Crippen LogP contribution in [0.4, 0.5) is 42.1 Å². The largest absolute Gasteiger partial charge is 0.493 e. The number of halogens is 7. The van der Waals surface area contributed by atoms with Crippen molar-refractivity contribution >= 4 is 40.9 Å². The van der Waals surface area contributed by atoms with Crippen molar-refractivity contribution < 1.29 is 49.8 Å². The van der Waals surface area contributed by atoms with Gasteiger partial charge >= 0.3 is 12.4 Å². The molecular formula is C38H42F7N5O4S. The van der Waals surface area contributed by atoms with Crippen LogP contribution in [-0.4, -0.2) is 60.7 Å². The molecule has 1 heterocycles. The zero-order valence-electron chi connectivity index (χ0n) is 31.3. The molecule has 0 aliphatic rings. The lowest BCUT2D eigenvalue weighted by Gasteiger charge is -2.39. The summed E-state index contributed by atoms with van der Waals surface area (Å²) in [5.41, 5.74) is -5.71. The van der Waals surface area contributed by atoms with E-state index in [-0.39, 0.29) is 59.2 Å². The number of carbonyl (C=O) groups is 2. The van der Waals surface area contributed by atoms with Crippen molar-refractivity contribution in [3.8, 4) is 23.1 Å². The Morgan fingerprint density at radius 2 is 1.65 bits per heavy atom. The van der Waals surface area contributed by atoms with Gasteiger partial charge in [0.15, 0.2) is 10.9 Å². The second-order valence-corrected chi connectivity index (χ2v) is 14.6. The summed E-state index contributed by atoms with van der Waals surface area (Å²) in [6.45, 7) is 10.8. The Labute approximate surface area is 320 Å². The highest BCUT2D eigenvalue weighted by Gasteiger charge is 2.40. The molecule has 0 saturated heterocycles. The molecule has 1 atom stereocenters. The third kappa shape index (κ3) is 11.4. The average molecular weight is 798 g/mol. The standard InChI is InChI=1S/C38H42F7N5O4S/c1-23(35(2,3)4)48-31(52)21-53-16-8-9-17-54-30-15-11-24(18-27(30)37(40,41)42)28-13-12-26(20-47-28)50(36(5,6)22-51)34(55)49(7)29-14-10-25(19-46)32(33(29)39)38(43,44)45/h10-15,18,20,22-23H,8-9,16-17,21H2,1-7H3,(H,48,52). The number of ether oxygens (including phenoxy) is 2. The zero-order valence-corrected chi connectivity index (χ0v) is 32.1. The Morgan fingerprint density at radius 1 is 1.00 bits per heavy atom. The van der Waals surface area contributed by atoms with Crippen LogP contribution < -0.4 is 19.9 Å². The topological polar surface area (TPSA) is 108 Å². The number of thiocarbonyl (C=S) groups is 1. The zero-order chi connectivity index (χ0) is 41.5. The summed E-state index contributed by atoms with van der Waals surface area (Å²) in [6, 6.07) is 9.16. The lowest BCUT2D eigenvalue weighted by Crippen LogP contribution is -2.54. The Hall–Kier alpha value is -4.82. The van der Waals surface area contributed by atoms with Gasteiger partial charge in [0.2, 0.25) is 5.91 Å². The predicted molar refractivity (Wildman–Crippen MR) is 197 cm³/mol. The van der Waals surface area contributed by atoms with Crippen LogP contribution in [0.1, 0.15) is 71.1 Å². The molecule has 17 heteroatoms. The van der Waals surface area contributed by atoms with Gasteiger partial charge in [-0.15, -0.1) is 0 Å². The van der Waals surface area contributed by atoms with Gasteiger partial charge in [0.05, 0.1) is 52.6 Å². The fourth-order valence-electron chi connectivity index (χ4n) is 5.07. The first-order valence-corrected chi connectivity index (χ1v) is 17.4. The van der Waals surface area contributed by atoms with Crippen LogP contribution in [0.3, 0.4) is 0 Å². The number of alkyl halides is 6. The number of aromatic nitrogens is 1. The maximum absolute atomic E-state index is 15.3. The number of rotatable bonds is 14. The molecule has 2 aromatic carbocycles. The number of unbranched alkanes of at least 4 members (excludes halogenated alkanes) is 1. The van der Waals surface area contributed by atoms with Crippen LogP contribution in [0.5, 0.6) is 5.75 Å². The van der Waals surface area contributed by atoms with Crippen molar-refractivity contribution in [2.45, 2.75) is 78.3 Å². The summed E-state index contributed by atoms with van der Waals surface area (Å²) in [7, 11) is 1.18. The highest BCUT2D eigenvalue weighted by Crippen LogP contribution is 2.40. The minimum Gasteiger partial charge on any atom is -0.493 e. The minimum atomic E-state index is -5.20. The minimum absolute atomic E-state index is 0.0490. The monoisotopic (exact) mass is 797 g/mol. The van der Waals surface area contributed by atoms with Crippen molar-refractivity contribution in [1.29, 1.82) is 5.26 Å². The van der Waals surface area contributed by atoms with Gasteiger partial charge in [0.25, 0.3) is 0 Å². The fraction of sp³-hybridized carbons (Fsp3) is 0.447. The second-order valence-electron chi connectivity index (χ2n) is 14.3. The van der Waals surface area contributed by atoms with Crippen molar-refractivity contribution in [2.75, 3.05) is 36.7 Å². The normalized spacial score (nSPS) is 12.7. The van der Waals surface area contributed by atoms with Gasteiger partial charge in [-0.05, 0) is 93.7 Å². The Kier molecular flexibility index (Phi) is 14.4. The molecule has 0 saturated carbocycles. The van der Waals surface area contributed by atoms with Crippen LogP contribution in [0.2, 0.25) is 0 Å². The molecule has 55 heavy (non-hydrogen) atoms. The first-order chi connectivity index (χ1) is 25.4. The van der Waals surface area contributed by atoms with Crippen LogP contribution >= 0.6 is 12.2 Å². The van der Waals surface area contributed by atoms with E-state index in [1.807, 2.05) is 27.7 Å². The summed E-state index contributed by atoms with van der Waals surface area (Å²) in [5, 5.41) is 11.6. The molecule has 0 fully saturated rings. The molecular weight excluding hydrogens is 756 g/mol. The molecule has 0 aliphatic heterocycles. The van der Waals surface area contributed by atoms with Gasteiger partial charge in [-0.1, -0.05) is 20.8 Å². The van der Waals surface area contributed by atoms with E-state index in [4.69, 9.17) is 27.0 Å². The number of benzene rings is 2. The summed E-state index contributed by atoms with van der Waals surface area (Å²) < 4.78 is 110. The number of nitrogens with one attached hydrogen (secondary N) is 1. The number of nitrogens with zero attached hydrogens (tertiary/aromatic N) is 4. The summed E-state index contributed by atoms with van der Waals surface area (Å²) in [6.07, 6.45) is -7.51. The lowest BCUT2D eigenvalue weighted by molar-refractivity contribution is -0.140. The molecule has 9 nitrogen and oxygen atoms in total. The summed E-state index contributed by atoms with van der Waals surface area (Å²) >= 11 is 5.52. The van der Waals surface area contributed by atoms with E-state index in [0.717, 1.165) is 29.2 Å². The second kappa shape index (κ2) is 17.8. The van der Waals surface area contributed by atoms with E-state index in [0.29, 0.717) is 19.1 Å². The molecule has 0 spiro atoms. The highest BCUT2D eigenvalue weighted by molar-refractivity contribution is 7.80. The van der Waals surface area contributed by atoms with Crippen LogP contribution in [0, 0.1) is 22.6 Å². The van der Waals surface area contributed by atoms with Gasteiger partial charge in [-0.2, -0.15) is 31.6 Å². The van der Waals surface area contributed by atoms with Crippen molar-refractivity contribution in [3.05, 3.63) is 71.2 Å². The number of pyridine rings is 1. The van der Waals surface area contributed by atoms with E-state index in [2.05, 4.69) is 10.3 Å². The van der Waals surface area contributed by atoms with Gasteiger partial charge in [-0.25, -0.2) is 4.39 Å². The van der Waals surface area contributed by atoms with E-state index in [1.54, 1.807) is 0 Å². The van der Waals surface area contributed by atoms with Gasteiger partial charge in [-0.3, -0.25) is 9.78 Å². The number of nitriles is 1. The SMILES string of the molecule is CC(NC(=O)COCCCCOc1ccc(-c2ccc(N(C(=S)N(C)c3ccc(C#N)c(C(F)(F)F)c3F)C(C)(C)C=O)cn2)cc1C(F)(F)F)C(C)(C)C. The van der Waals surface area contributed by atoms with E-state index >= 15 is 4.39 Å². The highest BCUT2D eigenvalue weighted by atomic mass is 32.1. The Bertz CT molecular complexity index is 1890. The van der Waals surface area contributed by atoms with Crippen molar-refractivity contribution in [2.24, 2.45) is 5.41 Å². The Morgan fingerprint density at radius 3 is 2.20 bits per heavy atom. The molecule has 3 aromatic rings. The van der Waals surface area contributed by atoms with Crippen LogP contribution in [-0.2, 0) is 26.7 Å². The molecule has 0 aliphatic carbocycles. The molecule has 298 valence electrons. The molecule has 0 radical (unpaired) electrons. The van der Waals surface area contributed by atoms with Crippen LogP contribution in [0.25, 0.3) is 11.3 Å². The molecule has 3 rings (SSSR count). The van der Waals surface area contributed by atoms with Gasteiger partial charge in [0.1, 0.15) is 24.2 Å². The van der Waals surface area contributed by atoms with Gasteiger partial charge in [0, 0.05) is 25.3 Å². The number of anilines is 2. The molecule has 1 aromatic heterocycles. The smallest absolute Gasteiger partial charge is 0.420 e. The van der Waals surface area contributed by atoms with Crippen molar-refractivity contribution in [1.82, 2.24) is 10.3 Å². The molecule has 0 bridgehead atoms. The average Bonchev–Trinajstić information content (AvgIpc) is 3.09. The Balaban J connectivity index is 1.77. The van der Waals surface area contributed by atoms with E-state index in [9.17, 15) is 35.9 Å². The number of hydrogen-bond acceptors (Lipinski definition) is 7. The third-order valence-corrected chi connectivity index (χ3v) is 9.12.